The summed E-state index contributed by atoms with van der Waals surface area (Å²) < 4.78 is 5.46. The summed E-state index contributed by atoms with van der Waals surface area (Å²) in [6.07, 6.45) is 3.95. The van der Waals surface area contributed by atoms with Gasteiger partial charge in [0.15, 0.2) is 0 Å². The van der Waals surface area contributed by atoms with Gasteiger partial charge in [0.2, 0.25) is 0 Å². The van der Waals surface area contributed by atoms with E-state index in [0.717, 1.165) is 11.1 Å². The van der Waals surface area contributed by atoms with Crippen LogP contribution in [0.15, 0.2) is 60.7 Å². The lowest BCUT2D eigenvalue weighted by atomic mass is 9.85. The van der Waals surface area contributed by atoms with Crippen molar-refractivity contribution < 1.29 is 19.4 Å². The smallest absolute Gasteiger partial charge is 0.407 e. The third kappa shape index (κ3) is 3.10. The van der Waals surface area contributed by atoms with Crippen LogP contribution in [0.2, 0.25) is 0 Å². The summed E-state index contributed by atoms with van der Waals surface area (Å²) in [6.45, 7) is 0.282. The zero-order valence-electron chi connectivity index (χ0n) is 14.9. The number of fused-ring (bicyclic) bond motifs is 3. The Morgan fingerprint density at radius 1 is 1.00 bits per heavy atom. The summed E-state index contributed by atoms with van der Waals surface area (Å²) in [6, 6.07) is 16.3. The van der Waals surface area contributed by atoms with Crippen molar-refractivity contribution in [2.75, 3.05) is 13.2 Å². The number of alkyl carbamates (subject to hydrolysis) is 1. The van der Waals surface area contributed by atoms with Crippen LogP contribution in [0.3, 0.4) is 0 Å². The van der Waals surface area contributed by atoms with Gasteiger partial charge < -0.3 is 15.2 Å². The molecule has 0 fully saturated rings. The molecule has 2 aromatic rings. The molecule has 138 valence electrons. The highest BCUT2D eigenvalue weighted by atomic mass is 16.5. The Bertz CT molecular complexity index is 865. The van der Waals surface area contributed by atoms with Crippen molar-refractivity contribution in [1.29, 1.82) is 0 Å². The number of benzene rings is 2. The number of ether oxygens (including phenoxy) is 1. The molecule has 0 unspecified atom stereocenters. The Balaban J connectivity index is 1.42. The molecule has 2 aliphatic rings. The monoisotopic (exact) mass is 363 g/mol. The molecule has 5 heteroatoms. The van der Waals surface area contributed by atoms with Crippen LogP contribution in [0.1, 0.15) is 29.9 Å². The fourth-order valence-corrected chi connectivity index (χ4v) is 3.99. The van der Waals surface area contributed by atoms with Crippen LogP contribution in [0.25, 0.3) is 11.1 Å². The van der Waals surface area contributed by atoms with Gasteiger partial charge in [-0.15, -0.1) is 0 Å². The molecule has 0 saturated heterocycles. The average Bonchev–Trinajstić information content (AvgIpc) is 3.29. The first-order chi connectivity index (χ1) is 13.1. The molecule has 0 atom stereocenters. The molecule has 1 amide bonds. The number of carbonyl (C=O) groups excluding carboxylic acids is 1. The van der Waals surface area contributed by atoms with E-state index in [9.17, 15) is 14.7 Å². The number of nitrogens with one attached hydrogen (secondary N) is 1. The number of hydrogen-bond acceptors (Lipinski definition) is 3. The largest absolute Gasteiger partial charge is 0.481 e. The van der Waals surface area contributed by atoms with Gasteiger partial charge in [-0.1, -0.05) is 60.7 Å². The van der Waals surface area contributed by atoms with Crippen LogP contribution in [0.4, 0.5) is 4.79 Å². The maximum Gasteiger partial charge on any atom is 0.407 e. The molecule has 2 aromatic carbocycles. The molecular weight excluding hydrogens is 342 g/mol. The third-order valence-corrected chi connectivity index (χ3v) is 5.55. The van der Waals surface area contributed by atoms with Crippen molar-refractivity contribution in [2.45, 2.75) is 18.8 Å². The minimum Gasteiger partial charge on any atom is -0.481 e. The van der Waals surface area contributed by atoms with E-state index < -0.39 is 17.5 Å². The number of allylic oxidation sites excluding steroid dienone is 2. The van der Waals surface area contributed by atoms with Crippen LogP contribution in [0.5, 0.6) is 0 Å². The van der Waals surface area contributed by atoms with E-state index >= 15 is 0 Å². The SMILES string of the molecule is O=C(NCC1(C(=O)O)CC=CC1)OCC1c2ccccc2-c2ccccc21. The van der Waals surface area contributed by atoms with Crippen molar-refractivity contribution >= 4 is 12.1 Å². The van der Waals surface area contributed by atoms with Crippen molar-refractivity contribution in [1.82, 2.24) is 5.32 Å². The first-order valence-corrected chi connectivity index (χ1v) is 9.08. The number of aliphatic carboxylic acids is 1. The second kappa shape index (κ2) is 6.91. The molecular formula is C22H21NO4. The molecule has 0 radical (unpaired) electrons. The molecule has 0 bridgehead atoms. The first kappa shape index (κ1) is 17.3. The van der Waals surface area contributed by atoms with E-state index in [1.54, 1.807) is 0 Å². The van der Waals surface area contributed by atoms with E-state index in [0.29, 0.717) is 12.8 Å². The van der Waals surface area contributed by atoms with Crippen LogP contribution >= 0.6 is 0 Å². The zero-order chi connectivity index (χ0) is 18.9. The van der Waals surface area contributed by atoms with Crippen LogP contribution in [-0.4, -0.2) is 30.3 Å². The highest BCUT2D eigenvalue weighted by Crippen LogP contribution is 2.44. The van der Waals surface area contributed by atoms with Crippen molar-refractivity contribution in [3.8, 4) is 11.1 Å². The summed E-state index contributed by atoms with van der Waals surface area (Å²) in [5, 5.41) is 12.1. The van der Waals surface area contributed by atoms with Gasteiger partial charge in [-0.05, 0) is 35.1 Å². The minimum absolute atomic E-state index is 0.00951. The second-order valence-corrected chi connectivity index (χ2v) is 7.14. The van der Waals surface area contributed by atoms with E-state index in [4.69, 9.17) is 4.74 Å². The molecule has 27 heavy (non-hydrogen) atoms. The predicted molar refractivity (Wildman–Crippen MR) is 102 cm³/mol. The maximum atomic E-state index is 12.2. The molecule has 2 N–H and O–H groups in total. The van der Waals surface area contributed by atoms with E-state index in [-0.39, 0.29) is 19.1 Å². The van der Waals surface area contributed by atoms with E-state index in [1.165, 1.54) is 11.1 Å². The summed E-state index contributed by atoms with van der Waals surface area (Å²) >= 11 is 0. The highest BCUT2D eigenvalue weighted by Gasteiger charge is 2.39. The van der Waals surface area contributed by atoms with E-state index in [2.05, 4.69) is 29.6 Å². The lowest BCUT2D eigenvalue weighted by Gasteiger charge is -2.24. The molecule has 0 heterocycles. The van der Waals surface area contributed by atoms with Gasteiger partial charge in [0.05, 0.1) is 5.41 Å². The Morgan fingerprint density at radius 3 is 2.11 bits per heavy atom. The molecule has 0 aromatic heterocycles. The molecule has 5 nitrogen and oxygen atoms in total. The lowest BCUT2D eigenvalue weighted by molar-refractivity contribution is -0.147. The normalized spacial score (nSPS) is 16.6. The standard InChI is InChI=1S/C22H21NO4/c24-20(25)22(11-5-6-12-22)14-23-21(26)27-13-19-17-9-3-1-7-15(17)16-8-2-4-10-18(16)19/h1-10,19H,11-14H2,(H,23,26)(H,24,25). The van der Waals surface area contributed by atoms with Crippen molar-refractivity contribution in [2.24, 2.45) is 5.41 Å². The number of carboxylic acids is 1. The van der Waals surface area contributed by atoms with Crippen molar-refractivity contribution in [3.63, 3.8) is 0 Å². The maximum absolute atomic E-state index is 12.2. The number of carbonyl (C=O) groups is 2. The topological polar surface area (TPSA) is 75.6 Å². The summed E-state index contributed by atoms with van der Waals surface area (Å²) in [4.78, 5) is 23.7. The van der Waals surface area contributed by atoms with Gasteiger partial charge in [0, 0.05) is 12.5 Å². The summed E-state index contributed by atoms with van der Waals surface area (Å²) in [5.41, 5.74) is 3.68. The van der Waals surface area contributed by atoms with Gasteiger partial charge in [-0.25, -0.2) is 4.79 Å². The molecule has 0 aliphatic heterocycles. The fourth-order valence-electron chi connectivity index (χ4n) is 3.99. The van der Waals surface area contributed by atoms with Crippen molar-refractivity contribution in [3.05, 3.63) is 71.8 Å². The highest BCUT2D eigenvalue weighted by molar-refractivity contribution is 5.79. The number of rotatable bonds is 5. The van der Waals surface area contributed by atoms with Crippen LogP contribution in [0, 0.1) is 5.41 Å². The minimum atomic E-state index is -0.953. The molecule has 4 rings (SSSR count). The Hall–Kier alpha value is -3.08. The third-order valence-electron chi connectivity index (χ3n) is 5.55. The van der Waals surface area contributed by atoms with Gasteiger partial charge in [-0.3, -0.25) is 4.79 Å². The molecule has 0 spiro atoms. The summed E-state index contributed by atoms with van der Waals surface area (Å²) in [7, 11) is 0. The quantitative estimate of drug-likeness (QED) is 0.789. The number of amides is 1. The zero-order valence-corrected chi connectivity index (χ0v) is 14.9. The predicted octanol–water partition coefficient (Wildman–Crippen LogP) is 3.95. The first-order valence-electron chi connectivity index (χ1n) is 9.08. The van der Waals surface area contributed by atoms with Gasteiger partial charge in [-0.2, -0.15) is 0 Å². The lowest BCUT2D eigenvalue weighted by Crippen LogP contribution is -2.41. The fraction of sp³-hybridized carbons (Fsp3) is 0.273. The van der Waals surface area contributed by atoms with Gasteiger partial charge >= 0.3 is 12.1 Å². The Kier molecular flexibility index (Phi) is 4.44. The molecule has 2 aliphatic carbocycles. The Morgan fingerprint density at radius 2 is 1.56 bits per heavy atom. The van der Waals surface area contributed by atoms with Gasteiger partial charge in [0.1, 0.15) is 6.61 Å². The number of hydrogen-bond donors (Lipinski definition) is 2. The van der Waals surface area contributed by atoms with E-state index in [1.807, 2.05) is 36.4 Å². The van der Waals surface area contributed by atoms with Gasteiger partial charge in [0.25, 0.3) is 0 Å². The van der Waals surface area contributed by atoms with Crippen LogP contribution in [-0.2, 0) is 9.53 Å². The number of carboxylic acid groups (broad SMARTS) is 1. The molecule has 0 saturated carbocycles. The Labute approximate surface area is 157 Å². The summed E-state index contributed by atoms with van der Waals surface area (Å²) in [5.74, 6) is -0.906. The second-order valence-electron chi connectivity index (χ2n) is 7.14. The van der Waals surface area contributed by atoms with Crippen LogP contribution < -0.4 is 5.32 Å². The average molecular weight is 363 g/mol.